The van der Waals surface area contributed by atoms with E-state index in [-0.39, 0.29) is 6.61 Å². The Bertz CT molecular complexity index is 562. The Kier molecular flexibility index (Phi) is 6.60. The lowest BCUT2D eigenvalue weighted by molar-refractivity contribution is 0.126. The Balaban J connectivity index is 2.06. The predicted octanol–water partition coefficient (Wildman–Crippen LogP) is 2.90. The number of aliphatic hydroxyl groups excluding tert-OH is 1. The van der Waals surface area contributed by atoms with E-state index < -0.39 is 0 Å². The summed E-state index contributed by atoms with van der Waals surface area (Å²) in [4.78, 5) is 6.76. The van der Waals surface area contributed by atoms with Crippen LogP contribution in [0.15, 0.2) is 29.6 Å². The van der Waals surface area contributed by atoms with E-state index >= 15 is 0 Å². The van der Waals surface area contributed by atoms with Gasteiger partial charge in [0, 0.05) is 37.7 Å². The number of rotatable bonds is 8. The second-order valence-electron chi connectivity index (χ2n) is 4.62. The van der Waals surface area contributed by atoms with E-state index in [2.05, 4.69) is 9.88 Å². The second-order valence-corrected chi connectivity index (χ2v) is 5.88. The number of hydrogen-bond donors (Lipinski definition) is 1. The lowest BCUT2D eigenvalue weighted by Gasteiger charge is -2.19. The van der Waals surface area contributed by atoms with Gasteiger partial charge < -0.3 is 9.84 Å². The van der Waals surface area contributed by atoms with Crippen LogP contribution < -0.4 is 0 Å². The monoisotopic (exact) mass is 326 g/mol. The zero-order valence-electron chi connectivity index (χ0n) is 12.0. The third-order valence-electron chi connectivity index (χ3n) is 3.07. The molecule has 1 heterocycles. The van der Waals surface area contributed by atoms with E-state index in [1.807, 2.05) is 29.6 Å². The molecule has 0 amide bonds. The van der Waals surface area contributed by atoms with Crippen molar-refractivity contribution in [2.45, 2.75) is 6.54 Å². The van der Waals surface area contributed by atoms with Gasteiger partial charge in [-0.2, -0.15) is 0 Å². The van der Waals surface area contributed by atoms with Crippen molar-refractivity contribution in [3.8, 4) is 10.6 Å². The normalized spacial score (nSPS) is 11.2. The number of ether oxygens (including phenoxy) is 1. The van der Waals surface area contributed by atoms with Gasteiger partial charge in [-0.1, -0.05) is 29.8 Å². The first-order valence-corrected chi connectivity index (χ1v) is 8.02. The van der Waals surface area contributed by atoms with Gasteiger partial charge in [-0.25, -0.2) is 4.98 Å². The van der Waals surface area contributed by atoms with Gasteiger partial charge in [0.1, 0.15) is 5.01 Å². The lowest BCUT2D eigenvalue weighted by Crippen LogP contribution is -2.29. The largest absolute Gasteiger partial charge is 0.395 e. The van der Waals surface area contributed by atoms with Gasteiger partial charge in [0.15, 0.2) is 0 Å². The molecule has 0 fully saturated rings. The van der Waals surface area contributed by atoms with Gasteiger partial charge in [-0.15, -0.1) is 11.3 Å². The maximum atomic E-state index is 9.12. The SMILES string of the molecule is COCCN(CCO)Cc1csc(-c2ccccc2Cl)n1. The van der Waals surface area contributed by atoms with E-state index in [9.17, 15) is 0 Å². The first-order chi connectivity index (χ1) is 10.2. The van der Waals surface area contributed by atoms with Crippen LogP contribution in [0.5, 0.6) is 0 Å². The number of aliphatic hydroxyl groups is 1. The molecule has 2 aromatic rings. The van der Waals surface area contributed by atoms with Crippen molar-refractivity contribution in [2.24, 2.45) is 0 Å². The molecule has 0 saturated carbocycles. The molecule has 1 N–H and O–H groups in total. The van der Waals surface area contributed by atoms with E-state index in [0.717, 1.165) is 22.8 Å². The summed E-state index contributed by atoms with van der Waals surface area (Å²) >= 11 is 7.78. The summed E-state index contributed by atoms with van der Waals surface area (Å²) in [5.41, 5.74) is 1.94. The van der Waals surface area contributed by atoms with Crippen LogP contribution in [0.1, 0.15) is 5.69 Å². The lowest BCUT2D eigenvalue weighted by atomic mass is 10.2. The second kappa shape index (κ2) is 8.46. The van der Waals surface area contributed by atoms with Crippen LogP contribution in [0, 0.1) is 0 Å². The van der Waals surface area contributed by atoms with Crippen molar-refractivity contribution in [1.82, 2.24) is 9.88 Å². The summed E-state index contributed by atoms with van der Waals surface area (Å²) in [7, 11) is 1.68. The molecule has 1 aromatic heterocycles. The first kappa shape index (κ1) is 16.4. The van der Waals surface area contributed by atoms with Crippen LogP contribution in [0.2, 0.25) is 5.02 Å². The molecule has 2 rings (SSSR count). The van der Waals surface area contributed by atoms with Gasteiger partial charge in [0.05, 0.1) is 23.9 Å². The molecule has 0 aliphatic heterocycles. The summed E-state index contributed by atoms with van der Waals surface area (Å²) in [5, 5.41) is 12.8. The number of hydrogen-bond acceptors (Lipinski definition) is 5. The van der Waals surface area contributed by atoms with E-state index in [1.54, 1.807) is 18.4 Å². The molecular formula is C15H19ClN2O2S. The Hall–Kier alpha value is -0.980. The molecule has 0 radical (unpaired) electrons. The third kappa shape index (κ3) is 4.76. The summed E-state index contributed by atoms with van der Waals surface area (Å²) in [6.07, 6.45) is 0. The Labute approximate surface area is 134 Å². The van der Waals surface area contributed by atoms with Gasteiger partial charge in [0.25, 0.3) is 0 Å². The van der Waals surface area contributed by atoms with Gasteiger partial charge >= 0.3 is 0 Å². The summed E-state index contributed by atoms with van der Waals surface area (Å²) < 4.78 is 5.09. The highest BCUT2D eigenvalue weighted by atomic mass is 35.5. The highest BCUT2D eigenvalue weighted by Gasteiger charge is 2.11. The van der Waals surface area contributed by atoms with Crippen molar-refractivity contribution in [3.05, 3.63) is 40.4 Å². The van der Waals surface area contributed by atoms with E-state index in [1.165, 1.54) is 0 Å². The average molecular weight is 327 g/mol. The highest BCUT2D eigenvalue weighted by molar-refractivity contribution is 7.13. The Morgan fingerprint density at radius 1 is 1.33 bits per heavy atom. The molecule has 0 atom stereocenters. The highest BCUT2D eigenvalue weighted by Crippen LogP contribution is 2.30. The topological polar surface area (TPSA) is 45.6 Å². The van der Waals surface area contributed by atoms with Crippen molar-refractivity contribution in [3.63, 3.8) is 0 Å². The van der Waals surface area contributed by atoms with Crippen LogP contribution in [-0.4, -0.2) is 48.4 Å². The zero-order chi connectivity index (χ0) is 15.1. The fourth-order valence-corrected chi connectivity index (χ4v) is 3.13. The van der Waals surface area contributed by atoms with Crippen LogP contribution in [0.25, 0.3) is 10.6 Å². The van der Waals surface area contributed by atoms with E-state index in [0.29, 0.717) is 24.7 Å². The summed E-state index contributed by atoms with van der Waals surface area (Å²) in [5.74, 6) is 0. The Morgan fingerprint density at radius 2 is 2.14 bits per heavy atom. The molecule has 114 valence electrons. The smallest absolute Gasteiger partial charge is 0.125 e. The molecule has 0 aliphatic rings. The molecule has 1 aromatic carbocycles. The van der Waals surface area contributed by atoms with Crippen molar-refractivity contribution >= 4 is 22.9 Å². The quantitative estimate of drug-likeness (QED) is 0.810. The number of thiazole rings is 1. The molecule has 6 heteroatoms. The molecule has 21 heavy (non-hydrogen) atoms. The van der Waals surface area contributed by atoms with Crippen molar-refractivity contribution in [2.75, 3.05) is 33.4 Å². The third-order valence-corrected chi connectivity index (χ3v) is 4.32. The minimum Gasteiger partial charge on any atom is -0.395 e. The number of halogens is 1. The fourth-order valence-electron chi connectivity index (χ4n) is 2.00. The Morgan fingerprint density at radius 3 is 2.86 bits per heavy atom. The molecule has 0 saturated heterocycles. The van der Waals surface area contributed by atoms with Gasteiger partial charge in [-0.3, -0.25) is 4.90 Å². The molecule has 0 aliphatic carbocycles. The minimum atomic E-state index is 0.130. The molecular weight excluding hydrogens is 308 g/mol. The van der Waals surface area contributed by atoms with Crippen molar-refractivity contribution in [1.29, 1.82) is 0 Å². The maximum Gasteiger partial charge on any atom is 0.125 e. The molecule has 0 unspecified atom stereocenters. The molecule has 0 bridgehead atoms. The predicted molar refractivity (Wildman–Crippen MR) is 86.8 cm³/mol. The number of aromatic nitrogens is 1. The first-order valence-electron chi connectivity index (χ1n) is 6.76. The van der Waals surface area contributed by atoms with Crippen LogP contribution in [-0.2, 0) is 11.3 Å². The van der Waals surface area contributed by atoms with Crippen LogP contribution in [0.3, 0.4) is 0 Å². The fraction of sp³-hybridized carbons (Fsp3) is 0.400. The van der Waals surface area contributed by atoms with Gasteiger partial charge in [-0.05, 0) is 6.07 Å². The van der Waals surface area contributed by atoms with Crippen molar-refractivity contribution < 1.29 is 9.84 Å². The van der Waals surface area contributed by atoms with Crippen LogP contribution >= 0.6 is 22.9 Å². The minimum absolute atomic E-state index is 0.130. The number of methoxy groups -OCH3 is 1. The molecule has 4 nitrogen and oxygen atoms in total. The zero-order valence-corrected chi connectivity index (χ0v) is 13.5. The average Bonchev–Trinajstić information content (AvgIpc) is 2.94. The maximum absolute atomic E-state index is 9.12. The number of nitrogens with zero attached hydrogens (tertiary/aromatic N) is 2. The molecule has 0 spiro atoms. The summed E-state index contributed by atoms with van der Waals surface area (Å²) in [6.45, 7) is 2.86. The summed E-state index contributed by atoms with van der Waals surface area (Å²) in [6, 6.07) is 7.71. The van der Waals surface area contributed by atoms with Gasteiger partial charge in [0.2, 0.25) is 0 Å². The van der Waals surface area contributed by atoms with E-state index in [4.69, 9.17) is 21.4 Å². The standard InChI is InChI=1S/C15H19ClN2O2S/c1-20-9-7-18(6-8-19)10-12-11-21-15(17-12)13-4-2-3-5-14(13)16/h2-5,11,19H,6-10H2,1H3. The van der Waals surface area contributed by atoms with Crippen LogP contribution in [0.4, 0.5) is 0 Å². The number of benzene rings is 1.